The van der Waals surface area contributed by atoms with Crippen LogP contribution in [0.3, 0.4) is 0 Å². The fourth-order valence-electron chi connectivity index (χ4n) is 3.09. The molecule has 2 unspecified atom stereocenters. The summed E-state index contributed by atoms with van der Waals surface area (Å²) in [7, 11) is -3.72. The van der Waals surface area contributed by atoms with Crippen molar-refractivity contribution in [3.63, 3.8) is 0 Å². The quantitative estimate of drug-likeness (QED) is 0.860. The number of rotatable bonds is 4. The zero-order chi connectivity index (χ0) is 15.6. The number of carbonyl (C=O) groups excluding carboxylic acids is 1. The van der Waals surface area contributed by atoms with E-state index in [-0.39, 0.29) is 11.9 Å². The number of hydrogen-bond acceptors (Lipinski definition) is 4. The zero-order valence-corrected chi connectivity index (χ0v) is 13.1. The van der Waals surface area contributed by atoms with Crippen molar-refractivity contribution in [2.45, 2.75) is 44.2 Å². The summed E-state index contributed by atoms with van der Waals surface area (Å²) in [6.07, 6.45) is 5.29. The normalized spacial score (nSPS) is 27.5. The lowest BCUT2D eigenvalue weighted by atomic mass is 10.1. The van der Waals surface area contributed by atoms with Gasteiger partial charge in [0.05, 0.1) is 12.3 Å². The molecule has 0 spiro atoms. The van der Waals surface area contributed by atoms with Crippen LogP contribution in [0.2, 0.25) is 0 Å². The Hall–Kier alpha value is -1.38. The molecule has 2 fully saturated rings. The van der Waals surface area contributed by atoms with Crippen LogP contribution in [-0.2, 0) is 15.0 Å². The smallest absolute Gasteiger partial charge is 0.280 e. The molecule has 0 aliphatic carbocycles. The minimum Gasteiger partial charge on any atom is -0.468 e. The summed E-state index contributed by atoms with van der Waals surface area (Å²) in [6.45, 7) is 1.05. The number of nitrogens with zero attached hydrogens (tertiary/aromatic N) is 1. The van der Waals surface area contributed by atoms with Crippen molar-refractivity contribution in [2.75, 3.05) is 13.1 Å². The Kier molecular flexibility index (Phi) is 4.51. The lowest BCUT2D eigenvalue weighted by molar-refractivity contribution is -0.122. The first-order chi connectivity index (χ1) is 10.6. The van der Waals surface area contributed by atoms with E-state index in [0.29, 0.717) is 25.3 Å². The molecule has 1 aromatic heterocycles. The van der Waals surface area contributed by atoms with Gasteiger partial charge < -0.3 is 9.73 Å². The van der Waals surface area contributed by atoms with Gasteiger partial charge in [0, 0.05) is 13.1 Å². The van der Waals surface area contributed by atoms with Crippen molar-refractivity contribution in [2.24, 2.45) is 0 Å². The van der Waals surface area contributed by atoms with E-state index in [0.717, 1.165) is 25.7 Å². The molecule has 122 valence electrons. The molecule has 3 rings (SSSR count). The predicted octanol–water partition coefficient (Wildman–Crippen LogP) is 0.920. The van der Waals surface area contributed by atoms with E-state index < -0.39 is 16.3 Å². The molecule has 1 amide bonds. The summed E-state index contributed by atoms with van der Waals surface area (Å²) in [5.74, 6) is 0.406. The summed E-state index contributed by atoms with van der Waals surface area (Å²) in [4.78, 5) is 11.9. The van der Waals surface area contributed by atoms with Crippen LogP contribution in [0, 0.1) is 0 Å². The van der Waals surface area contributed by atoms with Gasteiger partial charge in [0.25, 0.3) is 10.2 Å². The van der Waals surface area contributed by atoms with Crippen molar-refractivity contribution in [1.82, 2.24) is 14.3 Å². The van der Waals surface area contributed by atoms with E-state index in [1.807, 2.05) is 0 Å². The molecule has 2 saturated heterocycles. The molecule has 0 bridgehead atoms. The van der Waals surface area contributed by atoms with Gasteiger partial charge in [-0.3, -0.25) is 4.79 Å². The van der Waals surface area contributed by atoms with Crippen molar-refractivity contribution in [1.29, 1.82) is 0 Å². The number of amides is 1. The van der Waals surface area contributed by atoms with Crippen LogP contribution in [0.1, 0.15) is 43.9 Å². The maximum atomic E-state index is 12.7. The fraction of sp³-hybridized carbons (Fsp3) is 0.643. The number of carbonyl (C=O) groups is 1. The summed E-state index contributed by atoms with van der Waals surface area (Å²) >= 11 is 0. The lowest BCUT2D eigenvalue weighted by Crippen LogP contribution is -2.50. The molecule has 2 aliphatic heterocycles. The summed E-state index contributed by atoms with van der Waals surface area (Å²) < 4.78 is 34.6. The van der Waals surface area contributed by atoms with E-state index in [4.69, 9.17) is 4.42 Å². The van der Waals surface area contributed by atoms with E-state index in [9.17, 15) is 13.2 Å². The average Bonchev–Trinajstić information content (AvgIpc) is 3.12. The monoisotopic (exact) mass is 327 g/mol. The third-order valence-electron chi connectivity index (χ3n) is 4.21. The standard InChI is InChI=1S/C14H21N3O4S/c18-14-11(5-1-2-8-15-14)16-22(19,20)17-9-3-6-12(17)13-7-4-10-21-13/h4,7,10-12,16H,1-3,5-6,8-9H2,(H,15,18). The molecule has 2 N–H and O–H groups in total. The van der Waals surface area contributed by atoms with Crippen LogP contribution in [0.15, 0.2) is 22.8 Å². The molecule has 2 atom stereocenters. The van der Waals surface area contributed by atoms with Gasteiger partial charge in [0.1, 0.15) is 11.8 Å². The Morgan fingerprint density at radius 3 is 2.91 bits per heavy atom. The molecule has 22 heavy (non-hydrogen) atoms. The second kappa shape index (κ2) is 6.39. The molecule has 3 heterocycles. The van der Waals surface area contributed by atoms with Crippen molar-refractivity contribution in [3.8, 4) is 0 Å². The Balaban J connectivity index is 1.75. The molecule has 0 aromatic carbocycles. The summed E-state index contributed by atoms with van der Waals surface area (Å²) in [6, 6.07) is 2.56. The second-order valence-corrected chi connectivity index (χ2v) is 7.40. The Morgan fingerprint density at radius 2 is 2.14 bits per heavy atom. The maximum absolute atomic E-state index is 12.7. The van der Waals surface area contributed by atoms with E-state index in [2.05, 4.69) is 10.0 Å². The Bertz CT molecular complexity index is 614. The zero-order valence-electron chi connectivity index (χ0n) is 12.3. The minimum atomic E-state index is -3.72. The second-order valence-electron chi connectivity index (χ2n) is 5.75. The van der Waals surface area contributed by atoms with E-state index >= 15 is 0 Å². The highest BCUT2D eigenvalue weighted by Crippen LogP contribution is 2.34. The average molecular weight is 327 g/mol. The molecule has 8 heteroatoms. The Labute approximate surface area is 130 Å². The molecule has 0 saturated carbocycles. The number of furan rings is 1. The van der Waals surface area contributed by atoms with Crippen LogP contribution in [0.25, 0.3) is 0 Å². The molecule has 0 radical (unpaired) electrons. The lowest BCUT2D eigenvalue weighted by Gasteiger charge is -2.25. The van der Waals surface area contributed by atoms with Crippen LogP contribution in [0.4, 0.5) is 0 Å². The van der Waals surface area contributed by atoms with Gasteiger partial charge in [0.15, 0.2) is 0 Å². The van der Waals surface area contributed by atoms with Gasteiger partial charge in [-0.25, -0.2) is 0 Å². The van der Waals surface area contributed by atoms with Gasteiger partial charge in [0.2, 0.25) is 5.91 Å². The third kappa shape index (κ3) is 3.18. The highest BCUT2D eigenvalue weighted by atomic mass is 32.2. The van der Waals surface area contributed by atoms with Crippen LogP contribution in [-0.4, -0.2) is 37.8 Å². The molecule has 2 aliphatic rings. The summed E-state index contributed by atoms with van der Waals surface area (Å²) in [5, 5.41) is 2.74. The molecule has 1 aromatic rings. The van der Waals surface area contributed by atoms with Gasteiger partial charge in [-0.2, -0.15) is 17.4 Å². The Morgan fingerprint density at radius 1 is 1.27 bits per heavy atom. The first kappa shape index (κ1) is 15.5. The van der Waals surface area contributed by atoms with Gasteiger partial charge in [-0.1, -0.05) is 0 Å². The van der Waals surface area contributed by atoms with Crippen molar-refractivity contribution < 1.29 is 17.6 Å². The maximum Gasteiger partial charge on any atom is 0.280 e. The highest BCUT2D eigenvalue weighted by Gasteiger charge is 2.38. The molecule has 7 nitrogen and oxygen atoms in total. The van der Waals surface area contributed by atoms with E-state index in [1.54, 1.807) is 18.4 Å². The molecular weight excluding hydrogens is 306 g/mol. The van der Waals surface area contributed by atoms with Gasteiger partial charge in [-0.15, -0.1) is 0 Å². The fourth-order valence-corrected chi connectivity index (χ4v) is 4.73. The highest BCUT2D eigenvalue weighted by molar-refractivity contribution is 7.87. The van der Waals surface area contributed by atoms with Crippen molar-refractivity contribution >= 4 is 16.1 Å². The first-order valence-electron chi connectivity index (χ1n) is 7.68. The predicted molar refractivity (Wildman–Crippen MR) is 80.1 cm³/mol. The minimum absolute atomic E-state index is 0.241. The van der Waals surface area contributed by atoms with E-state index in [1.165, 1.54) is 4.31 Å². The summed E-state index contributed by atoms with van der Waals surface area (Å²) in [5.41, 5.74) is 0. The molecular formula is C14H21N3O4S. The SMILES string of the molecule is O=C1NCCCCC1NS(=O)(=O)N1CCCC1c1ccco1. The van der Waals surface area contributed by atoms with Crippen molar-refractivity contribution in [3.05, 3.63) is 24.2 Å². The van der Waals surface area contributed by atoms with Gasteiger partial charge >= 0.3 is 0 Å². The topological polar surface area (TPSA) is 91.7 Å². The first-order valence-corrected chi connectivity index (χ1v) is 9.12. The van der Waals surface area contributed by atoms with Crippen LogP contribution in [0.5, 0.6) is 0 Å². The number of hydrogen-bond donors (Lipinski definition) is 2. The van der Waals surface area contributed by atoms with Gasteiger partial charge in [-0.05, 0) is 44.2 Å². The van der Waals surface area contributed by atoms with Crippen LogP contribution >= 0.6 is 0 Å². The third-order valence-corrected chi connectivity index (χ3v) is 5.85. The van der Waals surface area contributed by atoms with Crippen LogP contribution < -0.4 is 10.0 Å². The number of nitrogens with one attached hydrogen (secondary N) is 2. The largest absolute Gasteiger partial charge is 0.468 e.